The molecule has 0 saturated carbocycles. The number of β-lactam (4-membered cyclic amide) rings is 1. The van der Waals surface area contributed by atoms with Crippen molar-refractivity contribution in [3.63, 3.8) is 0 Å². The third-order valence-corrected chi connectivity index (χ3v) is 5.53. The van der Waals surface area contributed by atoms with Gasteiger partial charge in [-0.3, -0.25) is 9.69 Å². The molecule has 2 fully saturated rings. The smallest absolute Gasteiger partial charge is 0.356 e. The third kappa shape index (κ3) is 2.37. The van der Waals surface area contributed by atoms with Gasteiger partial charge in [-0.15, -0.1) is 0 Å². The second kappa shape index (κ2) is 6.06. The summed E-state index contributed by atoms with van der Waals surface area (Å²) in [5, 5.41) is 9.53. The lowest BCUT2D eigenvalue weighted by molar-refractivity contribution is -0.158. The molecule has 22 heavy (non-hydrogen) atoms. The first-order valence-electron chi connectivity index (χ1n) is 7.37. The summed E-state index contributed by atoms with van der Waals surface area (Å²) in [5.41, 5.74) is 0.283. The molecule has 3 heterocycles. The number of aliphatic hydroxyl groups excluding tert-OH is 1. The standard InChI is InChI=1S/C15H19NO5S/c1-3-6-21-15(19)11-12(9-5-4-7-20-9)22-14-10(8(2)17)13(18)16(11)14/h3,8-10,14,17H,1,4-7H2,2H3/t8-,9+,10+,14+/m0/s1. The Morgan fingerprint density at radius 3 is 3.05 bits per heavy atom. The maximum atomic E-state index is 12.3. The van der Waals surface area contributed by atoms with Crippen LogP contribution in [0.2, 0.25) is 0 Å². The van der Waals surface area contributed by atoms with Crippen LogP contribution in [-0.4, -0.2) is 52.7 Å². The van der Waals surface area contributed by atoms with Crippen molar-refractivity contribution in [2.24, 2.45) is 5.92 Å². The number of carbonyl (C=O) groups excluding carboxylic acids is 2. The van der Waals surface area contributed by atoms with E-state index in [-0.39, 0.29) is 29.7 Å². The van der Waals surface area contributed by atoms with E-state index < -0.39 is 18.0 Å². The van der Waals surface area contributed by atoms with Gasteiger partial charge in [-0.25, -0.2) is 4.79 Å². The molecule has 4 atom stereocenters. The fraction of sp³-hybridized carbons (Fsp3) is 0.600. The lowest BCUT2D eigenvalue weighted by Crippen LogP contribution is -2.60. The van der Waals surface area contributed by atoms with Crippen molar-refractivity contribution in [3.8, 4) is 0 Å². The second-order valence-electron chi connectivity index (χ2n) is 5.58. The number of amides is 1. The van der Waals surface area contributed by atoms with E-state index in [1.54, 1.807) is 6.92 Å². The zero-order valence-corrected chi connectivity index (χ0v) is 13.2. The first-order valence-corrected chi connectivity index (χ1v) is 8.25. The molecule has 3 rings (SSSR count). The minimum Gasteiger partial charge on any atom is -0.457 e. The van der Waals surface area contributed by atoms with Gasteiger partial charge in [0.1, 0.15) is 17.7 Å². The number of aliphatic hydroxyl groups is 1. The molecule has 0 unspecified atom stereocenters. The summed E-state index contributed by atoms with van der Waals surface area (Å²) in [6, 6.07) is 0. The molecule has 0 bridgehead atoms. The molecule has 3 aliphatic heterocycles. The van der Waals surface area contributed by atoms with E-state index in [2.05, 4.69) is 6.58 Å². The molecule has 1 N–H and O–H groups in total. The Hall–Kier alpha value is -1.31. The fourth-order valence-corrected chi connectivity index (χ4v) is 4.71. The highest BCUT2D eigenvalue weighted by Crippen LogP contribution is 2.52. The normalized spacial score (nSPS) is 31.8. The molecular formula is C15H19NO5S. The van der Waals surface area contributed by atoms with Crippen LogP contribution in [-0.2, 0) is 19.1 Å². The maximum absolute atomic E-state index is 12.3. The molecule has 6 nitrogen and oxygen atoms in total. The quantitative estimate of drug-likeness (QED) is 0.462. The third-order valence-electron chi connectivity index (χ3n) is 4.07. The van der Waals surface area contributed by atoms with E-state index >= 15 is 0 Å². The number of hydrogen-bond donors (Lipinski definition) is 1. The van der Waals surface area contributed by atoms with Crippen LogP contribution in [0.3, 0.4) is 0 Å². The Balaban J connectivity index is 1.88. The molecule has 0 aromatic heterocycles. The van der Waals surface area contributed by atoms with Crippen LogP contribution >= 0.6 is 11.8 Å². The lowest BCUT2D eigenvalue weighted by atomic mass is 9.92. The van der Waals surface area contributed by atoms with Crippen molar-refractivity contribution in [3.05, 3.63) is 23.3 Å². The van der Waals surface area contributed by atoms with Crippen LogP contribution in [0.4, 0.5) is 0 Å². The minimum atomic E-state index is -0.740. The minimum absolute atomic E-state index is 0.0956. The van der Waals surface area contributed by atoms with Crippen molar-refractivity contribution < 1.29 is 24.2 Å². The monoisotopic (exact) mass is 325 g/mol. The zero-order valence-electron chi connectivity index (χ0n) is 12.4. The SMILES string of the molecule is C=CCOC(=O)C1=C([C@H]2CCCO2)S[C@@H]2[C@H]([C@H](C)O)C(=O)N12. The molecule has 3 aliphatic rings. The fourth-order valence-electron chi connectivity index (χ4n) is 3.01. The maximum Gasteiger partial charge on any atom is 0.356 e. The van der Waals surface area contributed by atoms with Gasteiger partial charge in [-0.1, -0.05) is 24.4 Å². The van der Waals surface area contributed by atoms with E-state index in [9.17, 15) is 14.7 Å². The Morgan fingerprint density at radius 2 is 2.45 bits per heavy atom. The number of fused-ring (bicyclic) bond motifs is 1. The first kappa shape index (κ1) is 15.6. The highest BCUT2D eigenvalue weighted by atomic mass is 32.2. The summed E-state index contributed by atoms with van der Waals surface area (Å²) < 4.78 is 10.8. The number of thioether (sulfide) groups is 1. The van der Waals surface area contributed by atoms with Gasteiger partial charge in [0.15, 0.2) is 0 Å². The van der Waals surface area contributed by atoms with Crippen LogP contribution in [0.5, 0.6) is 0 Å². The first-order chi connectivity index (χ1) is 10.6. The predicted molar refractivity (Wildman–Crippen MR) is 80.6 cm³/mol. The van der Waals surface area contributed by atoms with Crippen molar-refractivity contribution in [1.29, 1.82) is 0 Å². The number of ether oxygens (including phenoxy) is 2. The molecule has 0 aliphatic carbocycles. The topological polar surface area (TPSA) is 76.1 Å². The zero-order chi connectivity index (χ0) is 15.9. The van der Waals surface area contributed by atoms with Gasteiger partial charge < -0.3 is 14.6 Å². The van der Waals surface area contributed by atoms with Gasteiger partial charge in [0.25, 0.3) is 0 Å². The van der Waals surface area contributed by atoms with E-state index in [1.807, 2.05) is 0 Å². The van der Waals surface area contributed by atoms with Gasteiger partial charge in [-0.05, 0) is 19.8 Å². The molecule has 0 radical (unpaired) electrons. The van der Waals surface area contributed by atoms with E-state index in [0.29, 0.717) is 6.61 Å². The molecule has 0 spiro atoms. The van der Waals surface area contributed by atoms with Gasteiger partial charge in [0.05, 0.1) is 18.1 Å². The Kier molecular flexibility index (Phi) is 4.29. The van der Waals surface area contributed by atoms with E-state index in [4.69, 9.17) is 9.47 Å². The molecular weight excluding hydrogens is 306 g/mol. The number of nitrogens with zero attached hydrogens (tertiary/aromatic N) is 1. The van der Waals surface area contributed by atoms with Gasteiger partial charge in [0, 0.05) is 11.5 Å². The van der Waals surface area contributed by atoms with Crippen LogP contribution in [0.1, 0.15) is 19.8 Å². The predicted octanol–water partition coefficient (Wildman–Crippen LogP) is 1.02. The molecule has 120 valence electrons. The van der Waals surface area contributed by atoms with Gasteiger partial charge in [0.2, 0.25) is 5.91 Å². The van der Waals surface area contributed by atoms with E-state index in [0.717, 1.165) is 17.7 Å². The number of rotatable bonds is 5. The van der Waals surface area contributed by atoms with Crippen LogP contribution in [0.25, 0.3) is 0 Å². The molecule has 1 amide bonds. The number of esters is 1. The Labute approximate surface area is 133 Å². The summed E-state index contributed by atoms with van der Waals surface area (Å²) in [7, 11) is 0. The summed E-state index contributed by atoms with van der Waals surface area (Å²) in [6.45, 7) is 5.87. The molecule has 2 saturated heterocycles. The summed E-state index contributed by atoms with van der Waals surface area (Å²) in [4.78, 5) is 26.8. The summed E-state index contributed by atoms with van der Waals surface area (Å²) in [6.07, 6.45) is 2.34. The Morgan fingerprint density at radius 1 is 1.68 bits per heavy atom. The second-order valence-corrected chi connectivity index (χ2v) is 6.74. The summed E-state index contributed by atoms with van der Waals surface area (Å²) >= 11 is 1.44. The van der Waals surface area contributed by atoms with Crippen molar-refractivity contribution in [2.75, 3.05) is 13.2 Å². The van der Waals surface area contributed by atoms with Crippen LogP contribution < -0.4 is 0 Å². The van der Waals surface area contributed by atoms with Crippen molar-refractivity contribution >= 4 is 23.6 Å². The average Bonchev–Trinajstić information content (AvgIpc) is 3.09. The van der Waals surface area contributed by atoms with Crippen LogP contribution in [0.15, 0.2) is 23.3 Å². The highest BCUT2D eigenvalue weighted by molar-refractivity contribution is 8.04. The summed E-state index contributed by atoms with van der Waals surface area (Å²) in [5.74, 6) is -1.24. The van der Waals surface area contributed by atoms with Crippen LogP contribution in [0, 0.1) is 5.92 Å². The number of carbonyl (C=O) groups is 2. The molecule has 0 aromatic carbocycles. The largest absolute Gasteiger partial charge is 0.457 e. The average molecular weight is 325 g/mol. The highest BCUT2D eigenvalue weighted by Gasteiger charge is 2.58. The van der Waals surface area contributed by atoms with Gasteiger partial charge in [-0.2, -0.15) is 0 Å². The Bertz CT molecular complexity index is 538. The molecule has 0 aromatic rings. The van der Waals surface area contributed by atoms with Crippen molar-refractivity contribution in [2.45, 2.75) is 37.3 Å². The van der Waals surface area contributed by atoms with E-state index in [1.165, 1.54) is 22.7 Å². The van der Waals surface area contributed by atoms with Gasteiger partial charge >= 0.3 is 5.97 Å². The lowest BCUT2D eigenvalue weighted by Gasteiger charge is -2.43. The molecule has 7 heteroatoms. The number of hydrogen-bond acceptors (Lipinski definition) is 6. The van der Waals surface area contributed by atoms with Crippen molar-refractivity contribution in [1.82, 2.24) is 4.90 Å².